The van der Waals surface area contributed by atoms with Crippen LogP contribution in [0.5, 0.6) is 5.75 Å². The summed E-state index contributed by atoms with van der Waals surface area (Å²) in [5.41, 5.74) is 8.22. The predicted molar refractivity (Wildman–Crippen MR) is 231 cm³/mol. The highest BCUT2D eigenvalue weighted by molar-refractivity contribution is 7.99. The SMILES string of the molecule is COc1c(C)cc2c(c1C)C1[C@@H]3CC4=C(C(=O)C(O)=C(C)C4=O)[C@H](COC(=O)[C@@H](CSCC4c5ccccc5-c5ccccc54)NC(=O)OC(C)(C)C)N3[C@@H](C#N)[C@H](C2)N1C. The molecule has 12 nitrogen and oxygen atoms in total. The molecule has 2 N–H and O–H groups in total. The van der Waals surface area contributed by atoms with Crippen LogP contribution in [0, 0.1) is 25.2 Å². The molecule has 1 amide bonds. The Bertz CT molecular complexity index is 2420. The first-order chi connectivity index (χ1) is 29.1. The number of nitrogens with zero attached hydrogens (tertiary/aromatic N) is 3. The van der Waals surface area contributed by atoms with E-state index < -0.39 is 65.8 Å². The number of rotatable bonds is 9. The molecule has 8 rings (SSSR count). The Morgan fingerprint density at radius 1 is 1.00 bits per heavy atom. The van der Waals surface area contributed by atoms with E-state index in [1.54, 1.807) is 27.9 Å². The average molecular weight is 845 g/mol. The van der Waals surface area contributed by atoms with Crippen LogP contribution in [0.2, 0.25) is 0 Å². The number of benzene rings is 3. The van der Waals surface area contributed by atoms with E-state index in [9.17, 15) is 29.5 Å². The lowest BCUT2D eigenvalue weighted by molar-refractivity contribution is -0.150. The van der Waals surface area contributed by atoms with Gasteiger partial charge in [-0.2, -0.15) is 17.0 Å². The number of aryl methyl sites for hydroxylation is 1. The molecule has 318 valence electrons. The van der Waals surface area contributed by atoms with Crippen LogP contribution in [-0.4, -0.2) is 107 Å². The highest BCUT2D eigenvalue weighted by Crippen LogP contribution is 2.52. The number of hydrogen-bond acceptors (Lipinski definition) is 12. The number of methoxy groups -OCH3 is 1. The Kier molecular flexibility index (Phi) is 11.2. The summed E-state index contributed by atoms with van der Waals surface area (Å²) in [6, 6.07) is 17.1. The molecule has 6 atom stereocenters. The Morgan fingerprint density at radius 2 is 1.66 bits per heavy atom. The molecule has 3 aromatic rings. The Morgan fingerprint density at radius 3 is 2.28 bits per heavy atom. The van der Waals surface area contributed by atoms with Crippen LogP contribution < -0.4 is 10.1 Å². The van der Waals surface area contributed by atoms with Crippen molar-refractivity contribution in [2.45, 2.75) is 102 Å². The second-order valence-corrected chi connectivity index (χ2v) is 18.8. The third-order valence-electron chi connectivity index (χ3n) is 13.0. The number of fused-ring (bicyclic) bond motifs is 9. The zero-order chi connectivity index (χ0) is 43.7. The Hall–Kier alpha value is -5.42. The van der Waals surface area contributed by atoms with Gasteiger partial charge < -0.3 is 24.6 Å². The number of nitriles is 1. The quantitative estimate of drug-likeness (QED) is 0.171. The monoisotopic (exact) mass is 844 g/mol. The molecule has 13 heteroatoms. The standard InChI is InChI=1S/C48H52N4O8S/c1-24-17-27-18-35-37(20-49)52-36(41(51(35)7)39(27)25(2)45(24)58-8)19-32-40(44(55)43(54)26(3)42(32)53)38(52)21-59-46(56)34(50-47(57)60-48(4,5)6)23-61-22-33-30-15-11-9-13-28(30)29-14-10-12-16-31(29)33/h9-17,33-38,41,54H,18-19,21-23H2,1-8H3,(H,50,57)/t34-,35+,36+,37+,38+,41?/m1/s1. The van der Waals surface area contributed by atoms with Gasteiger partial charge in [0.2, 0.25) is 5.78 Å². The van der Waals surface area contributed by atoms with Gasteiger partial charge in [0, 0.05) is 46.2 Å². The number of piperazine rings is 1. The van der Waals surface area contributed by atoms with Crippen molar-refractivity contribution < 1.29 is 38.5 Å². The zero-order valence-electron chi connectivity index (χ0n) is 35.8. The lowest BCUT2D eigenvalue weighted by Crippen LogP contribution is -2.70. The summed E-state index contributed by atoms with van der Waals surface area (Å²) in [5, 5.41) is 24.7. The normalized spacial score (nSPS) is 23.9. The maximum atomic E-state index is 14.4. The summed E-state index contributed by atoms with van der Waals surface area (Å²) in [6.45, 7) is 10.2. The van der Waals surface area contributed by atoms with Crippen LogP contribution >= 0.6 is 11.8 Å². The van der Waals surface area contributed by atoms with Gasteiger partial charge in [0.05, 0.1) is 25.3 Å². The summed E-state index contributed by atoms with van der Waals surface area (Å²) < 4.78 is 17.6. The van der Waals surface area contributed by atoms with E-state index in [0.717, 1.165) is 28.0 Å². The van der Waals surface area contributed by atoms with Crippen LogP contribution in [0.3, 0.4) is 0 Å². The van der Waals surface area contributed by atoms with Gasteiger partial charge in [-0.3, -0.25) is 19.4 Å². The minimum absolute atomic E-state index is 0.0306. The van der Waals surface area contributed by atoms with Crippen LogP contribution in [0.1, 0.15) is 79.5 Å². The van der Waals surface area contributed by atoms with E-state index in [-0.39, 0.29) is 46.9 Å². The second-order valence-electron chi connectivity index (χ2n) is 17.7. The molecule has 3 heterocycles. The van der Waals surface area contributed by atoms with E-state index in [0.29, 0.717) is 12.2 Å². The third kappa shape index (κ3) is 7.22. The van der Waals surface area contributed by atoms with Crippen LogP contribution in [0.15, 0.2) is 77.1 Å². The van der Waals surface area contributed by atoms with E-state index in [1.807, 2.05) is 50.1 Å². The molecule has 0 spiro atoms. The second kappa shape index (κ2) is 16.1. The van der Waals surface area contributed by atoms with Gasteiger partial charge in [0.1, 0.15) is 30.0 Å². The summed E-state index contributed by atoms with van der Waals surface area (Å²) in [5.74, 6) is -0.994. The highest BCUT2D eigenvalue weighted by atomic mass is 32.2. The van der Waals surface area contributed by atoms with E-state index in [4.69, 9.17) is 14.2 Å². The molecule has 1 unspecified atom stereocenters. The number of hydrogen-bond donors (Lipinski definition) is 2. The minimum atomic E-state index is -1.15. The minimum Gasteiger partial charge on any atom is -0.504 e. The van der Waals surface area contributed by atoms with Gasteiger partial charge in [0.25, 0.3) is 0 Å². The van der Waals surface area contributed by atoms with Crippen LogP contribution in [0.4, 0.5) is 4.79 Å². The number of alkyl carbamates (subject to hydrolysis) is 1. The molecule has 2 aliphatic carbocycles. The molecule has 3 aliphatic heterocycles. The molecule has 5 aliphatic rings. The van der Waals surface area contributed by atoms with Crippen molar-refractivity contribution in [3.05, 3.63) is 110 Å². The van der Waals surface area contributed by atoms with Crippen LogP contribution in [-0.2, 0) is 30.3 Å². The maximum Gasteiger partial charge on any atom is 0.408 e. The number of esters is 1. The van der Waals surface area contributed by atoms with Gasteiger partial charge in [-0.25, -0.2) is 9.59 Å². The summed E-state index contributed by atoms with van der Waals surface area (Å²) in [7, 11) is 3.63. The first kappa shape index (κ1) is 42.3. The smallest absolute Gasteiger partial charge is 0.408 e. The number of amides is 1. The van der Waals surface area contributed by atoms with E-state index in [1.165, 1.54) is 40.9 Å². The summed E-state index contributed by atoms with van der Waals surface area (Å²) in [4.78, 5) is 59.9. The van der Waals surface area contributed by atoms with Crippen molar-refractivity contribution >= 4 is 35.4 Å². The van der Waals surface area contributed by atoms with Crippen molar-refractivity contribution in [3.63, 3.8) is 0 Å². The van der Waals surface area contributed by atoms with E-state index >= 15 is 0 Å². The fraction of sp³-hybridized carbons (Fsp3) is 0.438. The lowest BCUT2D eigenvalue weighted by Gasteiger charge is -2.60. The molecule has 0 saturated carbocycles. The number of thioether (sulfide) groups is 1. The number of carbonyl (C=O) groups is 4. The Labute approximate surface area is 360 Å². The first-order valence-corrected chi connectivity index (χ1v) is 21.9. The van der Waals surface area contributed by atoms with Crippen molar-refractivity contribution in [1.82, 2.24) is 15.1 Å². The van der Waals surface area contributed by atoms with Crippen LogP contribution in [0.25, 0.3) is 11.1 Å². The number of aliphatic hydroxyl groups is 1. The molecular weight excluding hydrogens is 793 g/mol. The number of nitrogens with one attached hydrogen (secondary N) is 1. The molecular formula is C48H52N4O8S. The molecule has 61 heavy (non-hydrogen) atoms. The fourth-order valence-electron chi connectivity index (χ4n) is 10.5. The summed E-state index contributed by atoms with van der Waals surface area (Å²) >= 11 is 1.50. The maximum absolute atomic E-state index is 14.4. The molecule has 0 aromatic heterocycles. The largest absolute Gasteiger partial charge is 0.504 e. The average Bonchev–Trinajstić information content (AvgIpc) is 3.53. The number of likely N-dealkylation sites (N-methyl/N-ethyl adjacent to an activating group) is 1. The number of allylic oxidation sites excluding steroid dienone is 2. The number of ether oxygens (including phenoxy) is 3. The number of carbonyl (C=O) groups excluding carboxylic acids is 4. The molecule has 1 saturated heterocycles. The number of Topliss-reactive ketones (excluding diaryl/α,β-unsaturated/α-hetero) is 2. The van der Waals surface area contributed by atoms with Gasteiger partial charge >= 0.3 is 12.1 Å². The molecule has 2 bridgehead atoms. The van der Waals surface area contributed by atoms with Gasteiger partial charge in [0.15, 0.2) is 11.5 Å². The fourth-order valence-corrected chi connectivity index (χ4v) is 11.7. The van der Waals surface area contributed by atoms with Gasteiger partial charge in [-0.05, 0) is 106 Å². The van der Waals surface area contributed by atoms with Crippen molar-refractivity contribution in [2.75, 3.05) is 32.3 Å². The lowest BCUT2D eigenvalue weighted by atomic mass is 9.69. The Balaban J connectivity index is 1.12. The van der Waals surface area contributed by atoms with Gasteiger partial charge in [-0.15, -0.1) is 0 Å². The third-order valence-corrected chi connectivity index (χ3v) is 14.2. The highest BCUT2D eigenvalue weighted by Gasteiger charge is 2.58. The zero-order valence-corrected chi connectivity index (χ0v) is 36.6. The van der Waals surface area contributed by atoms with Gasteiger partial charge in [-0.1, -0.05) is 54.6 Å². The molecule has 0 radical (unpaired) electrons. The van der Waals surface area contributed by atoms with E-state index in [2.05, 4.69) is 46.6 Å². The molecule has 1 fully saturated rings. The van der Waals surface area contributed by atoms with Crippen molar-refractivity contribution in [2.24, 2.45) is 0 Å². The first-order valence-electron chi connectivity index (χ1n) is 20.8. The van der Waals surface area contributed by atoms with Crippen molar-refractivity contribution in [1.29, 1.82) is 5.26 Å². The predicted octanol–water partition coefficient (Wildman–Crippen LogP) is 6.82. The number of ketones is 2. The van der Waals surface area contributed by atoms with Crippen molar-refractivity contribution in [3.8, 4) is 22.9 Å². The summed E-state index contributed by atoms with van der Waals surface area (Å²) in [6.07, 6.45) is -0.110. The molecule has 3 aromatic carbocycles. The topological polar surface area (TPSA) is 158 Å². The number of aliphatic hydroxyl groups excluding tert-OH is 1.